The number of furan rings is 1. The van der Waals surface area contributed by atoms with Crippen molar-refractivity contribution in [3.63, 3.8) is 0 Å². The second-order valence-electron chi connectivity index (χ2n) is 5.11. The number of carbonyl (C=O) groups excluding carboxylic acids is 2. The number of hydrogen-bond acceptors (Lipinski definition) is 7. The number of ether oxygens (including phenoxy) is 2. The summed E-state index contributed by atoms with van der Waals surface area (Å²) in [6.07, 6.45) is 1.41. The van der Waals surface area contributed by atoms with Gasteiger partial charge in [-0.3, -0.25) is 4.79 Å². The van der Waals surface area contributed by atoms with Crippen molar-refractivity contribution >= 4 is 23.3 Å². The molecule has 0 spiro atoms. The van der Waals surface area contributed by atoms with Crippen molar-refractivity contribution in [1.82, 2.24) is 4.98 Å². The molecule has 0 radical (unpaired) electrons. The molecule has 25 heavy (non-hydrogen) atoms. The van der Waals surface area contributed by atoms with E-state index in [4.69, 9.17) is 9.15 Å². The molecular formula is C18H15NO5S. The van der Waals surface area contributed by atoms with E-state index in [1.165, 1.54) is 24.7 Å². The Balaban J connectivity index is 1.58. The second kappa shape index (κ2) is 7.76. The molecule has 0 aliphatic heterocycles. The smallest absolute Gasteiger partial charge is 0.374 e. The van der Waals surface area contributed by atoms with Crippen LogP contribution in [0.4, 0.5) is 0 Å². The molecule has 0 saturated heterocycles. The average Bonchev–Trinajstić information content (AvgIpc) is 3.29. The predicted molar refractivity (Wildman–Crippen MR) is 91.1 cm³/mol. The van der Waals surface area contributed by atoms with Gasteiger partial charge in [-0.05, 0) is 6.07 Å². The first-order chi connectivity index (χ1) is 12.2. The summed E-state index contributed by atoms with van der Waals surface area (Å²) in [5, 5.41) is 2.69. The Labute approximate surface area is 148 Å². The largest absolute Gasteiger partial charge is 0.463 e. The summed E-state index contributed by atoms with van der Waals surface area (Å²) in [6, 6.07) is 11.3. The third-order valence-electron chi connectivity index (χ3n) is 3.40. The van der Waals surface area contributed by atoms with Crippen molar-refractivity contribution in [2.75, 3.05) is 7.11 Å². The Morgan fingerprint density at radius 3 is 2.76 bits per heavy atom. The Morgan fingerprint density at radius 2 is 2.00 bits per heavy atom. The van der Waals surface area contributed by atoms with E-state index in [0.29, 0.717) is 11.3 Å². The Hall–Kier alpha value is -2.93. The standard InChI is InChI=1S/C18H15NO5S/c1-22-18(21)16-13(7-8-23-16)10-24-15(20)9-14-11-25-17(19-14)12-5-3-2-4-6-12/h2-8,11H,9-10H2,1H3. The number of esters is 2. The molecule has 0 atom stereocenters. The number of benzene rings is 1. The van der Waals surface area contributed by atoms with Gasteiger partial charge in [-0.15, -0.1) is 11.3 Å². The number of aromatic nitrogens is 1. The lowest BCUT2D eigenvalue weighted by Gasteiger charge is -2.03. The van der Waals surface area contributed by atoms with Gasteiger partial charge in [0.05, 0.1) is 25.5 Å². The monoisotopic (exact) mass is 357 g/mol. The van der Waals surface area contributed by atoms with Gasteiger partial charge in [-0.2, -0.15) is 0 Å². The van der Waals surface area contributed by atoms with E-state index in [-0.39, 0.29) is 18.8 Å². The van der Waals surface area contributed by atoms with Gasteiger partial charge < -0.3 is 13.9 Å². The van der Waals surface area contributed by atoms with E-state index in [2.05, 4.69) is 9.72 Å². The van der Waals surface area contributed by atoms with Crippen LogP contribution in [0.3, 0.4) is 0 Å². The van der Waals surface area contributed by atoms with Gasteiger partial charge in [0.25, 0.3) is 0 Å². The van der Waals surface area contributed by atoms with Crippen LogP contribution in [0.2, 0.25) is 0 Å². The number of methoxy groups -OCH3 is 1. The van der Waals surface area contributed by atoms with Crippen LogP contribution in [-0.4, -0.2) is 24.0 Å². The number of carbonyl (C=O) groups is 2. The van der Waals surface area contributed by atoms with Crippen molar-refractivity contribution in [3.8, 4) is 10.6 Å². The topological polar surface area (TPSA) is 78.6 Å². The van der Waals surface area contributed by atoms with E-state index in [9.17, 15) is 9.59 Å². The lowest BCUT2D eigenvalue weighted by atomic mass is 10.2. The molecule has 0 fully saturated rings. The summed E-state index contributed by atoms with van der Waals surface area (Å²) < 4.78 is 14.8. The summed E-state index contributed by atoms with van der Waals surface area (Å²) in [4.78, 5) is 28.0. The number of nitrogens with zero attached hydrogens (tertiary/aromatic N) is 1. The Bertz CT molecular complexity index is 868. The molecule has 3 rings (SSSR count). The van der Waals surface area contributed by atoms with Crippen LogP contribution in [0.25, 0.3) is 10.6 Å². The summed E-state index contributed by atoms with van der Waals surface area (Å²) >= 11 is 1.47. The molecule has 0 N–H and O–H groups in total. The molecule has 2 heterocycles. The molecule has 0 bridgehead atoms. The SMILES string of the molecule is COC(=O)c1occc1COC(=O)Cc1csc(-c2ccccc2)n1. The minimum absolute atomic E-state index is 0.0373. The van der Waals surface area contributed by atoms with Crippen LogP contribution in [0.5, 0.6) is 0 Å². The van der Waals surface area contributed by atoms with Crippen LogP contribution in [0, 0.1) is 0 Å². The summed E-state index contributed by atoms with van der Waals surface area (Å²) in [6.45, 7) is -0.0601. The third kappa shape index (κ3) is 4.13. The van der Waals surface area contributed by atoms with Crippen LogP contribution >= 0.6 is 11.3 Å². The highest BCUT2D eigenvalue weighted by Gasteiger charge is 2.17. The molecule has 1 aromatic carbocycles. The average molecular weight is 357 g/mol. The molecule has 0 aliphatic carbocycles. The lowest BCUT2D eigenvalue weighted by Crippen LogP contribution is -2.10. The molecule has 0 amide bonds. The lowest BCUT2D eigenvalue weighted by molar-refractivity contribution is -0.144. The van der Waals surface area contributed by atoms with Crippen LogP contribution < -0.4 is 0 Å². The molecule has 0 unspecified atom stereocenters. The highest BCUT2D eigenvalue weighted by molar-refractivity contribution is 7.13. The zero-order chi connectivity index (χ0) is 17.6. The van der Waals surface area contributed by atoms with E-state index < -0.39 is 11.9 Å². The molecule has 2 aromatic heterocycles. The molecular weight excluding hydrogens is 342 g/mol. The molecule has 0 saturated carbocycles. The van der Waals surface area contributed by atoms with Gasteiger partial charge in [0.2, 0.25) is 5.76 Å². The number of thiazole rings is 1. The fraction of sp³-hybridized carbons (Fsp3) is 0.167. The van der Waals surface area contributed by atoms with Crippen LogP contribution in [0.1, 0.15) is 21.8 Å². The van der Waals surface area contributed by atoms with E-state index in [1.54, 1.807) is 6.07 Å². The first-order valence-electron chi connectivity index (χ1n) is 7.47. The van der Waals surface area contributed by atoms with E-state index in [0.717, 1.165) is 10.6 Å². The zero-order valence-electron chi connectivity index (χ0n) is 13.4. The minimum Gasteiger partial charge on any atom is -0.463 e. The van der Waals surface area contributed by atoms with Crippen molar-refractivity contribution in [2.24, 2.45) is 0 Å². The van der Waals surface area contributed by atoms with Gasteiger partial charge in [0.15, 0.2) is 0 Å². The molecule has 6 nitrogen and oxygen atoms in total. The minimum atomic E-state index is -0.608. The van der Waals surface area contributed by atoms with Gasteiger partial charge in [-0.25, -0.2) is 9.78 Å². The molecule has 7 heteroatoms. The maximum atomic E-state index is 12.0. The van der Waals surface area contributed by atoms with E-state index >= 15 is 0 Å². The van der Waals surface area contributed by atoms with Crippen molar-refractivity contribution in [3.05, 3.63) is 65.1 Å². The molecule has 128 valence electrons. The summed E-state index contributed by atoms with van der Waals surface area (Å²) in [7, 11) is 1.26. The first-order valence-corrected chi connectivity index (χ1v) is 8.35. The quantitative estimate of drug-likeness (QED) is 0.629. The fourth-order valence-corrected chi connectivity index (χ4v) is 3.01. The first kappa shape index (κ1) is 16.9. The van der Waals surface area contributed by atoms with Crippen molar-refractivity contribution in [1.29, 1.82) is 0 Å². The maximum Gasteiger partial charge on any atom is 0.374 e. The zero-order valence-corrected chi connectivity index (χ0v) is 14.2. The van der Waals surface area contributed by atoms with Crippen molar-refractivity contribution in [2.45, 2.75) is 13.0 Å². The summed E-state index contributed by atoms with van der Waals surface area (Å²) in [5.41, 5.74) is 2.12. The normalized spacial score (nSPS) is 10.4. The predicted octanol–water partition coefficient (Wildman–Crippen LogP) is 3.48. The molecule has 3 aromatic rings. The number of hydrogen-bond donors (Lipinski definition) is 0. The van der Waals surface area contributed by atoms with E-state index in [1.807, 2.05) is 35.7 Å². The Morgan fingerprint density at radius 1 is 1.20 bits per heavy atom. The Kier molecular flexibility index (Phi) is 5.25. The van der Waals surface area contributed by atoms with Gasteiger partial charge in [0.1, 0.15) is 11.6 Å². The third-order valence-corrected chi connectivity index (χ3v) is 4.34. The van der Waals surface area contributed by atoms with Gasteiger partial charge in [-0.1, -0.05) is 30.3 Å². The van der Waals surface area contributed by atoms with Crippen molar-refractivity contribution < 1.29 is 23.5 Å². The highest BCUT2D eigenvalue weighted by atomic mass is 32.1. The van der Waals surface area contributed by atoms with Crippen LogP contribution in [0.15, 0.2) is 52.5 Å². The number of rotatable bonds is 6. The molecule has 0 aliphatic rings. The van der Waals surface area contributed by atoms with Gasteiger partial charge in [0, 0.05) is 16.5 Å². The van der Waals surface area contributed by atoms with Crippen LogP contribution in [-0.2, 0) is 27.3 Å². The fourth-order valence-electron chi connectivity index (χ4n) is 2.18. The van der Waals surface area contributed by atoms with Gasteiger partial charge >= 0.3 is 11.9 Å². The maximum absolute atomic E-state index is 12.0. The highest BCUT2D eigenvalue weighted by Crippen LogP contribution is 2.23. The second-order valence-corrected chi connectivity index (χ2v) is 5.97. The summed E-state index contributed by atoms with van der Waals surface area (Å²) in [5.74, 6) is -1.000.